The van der Waals surface area contributed by atoms with E-state index in [1.165, 1.54) is 44.9 Å². The molecule has 1 aromatic carbocycles. The summed E-state index contributed by atoms with van der Waals surface area (Å²) < 4.78 is 13.7. The highest BCUT2D eigenvalue weighted by Gasteiger charge is 2.34. The van der Waals surface area contributed by atoms with Crippen LogP contribution in [-0.4, -0.2) is 6.04 Å². The molecule has 0 saturated heterocycles. The van der Waals surface area contributed by atoms with E-state index in [0.717, 1.165) is 17.4 Å². The predicted octanol–water partition coefficient (Wildman–Crippen LogP) is 4.30. The quantitative estimate of drug-likeness (QED) is 0.874. The van der Waals surface area contributed by atoms with Gasteiger partial charge in [-0.15, -0.1) is 0 Å². The average molecular weight is 275 g/mol. The SMILES string of the molecule is NC(Cc1ccccc1F)C1CCC2CCCCC2C1. The maximum Gasteiger partial charge on any atom is 0.126 e. The summed E-state index contributed by atoms with van der Waals surface area (Å²) in [6.45, 7) is 0. The van der Waals surface area contributed by atoms with Crippen LogP contribution in [0.2, 0.25) is 0 Å². The fourth-order valence-corrected chi connectivity index (χ4v) is 4.38. The summed E-state index contributed by atoms with van der Waals surface area (Å²) in [6.07, 6.45) is 10.2. The molecule has 20 heavy (non-hydrogen) atoms. The number of rotatable bonds is 3. The molecule has 2 N–H and O–H groups in total. The zero-order chi connectivity index (χ0) is 13.9. The molecule has 3 rings (SSSR count). The standard InChI is InChI=1S/C18H26FN/c19-17-8-4-3-7-15(17)12-18(20)16-10-9-13-5-1-2-6-14(13)11-16/h3-4,7-8,13-14,16,18H,1-2,5-6,9-12,20H2. The van der Waals surface area contributed by atoms with Gasteiger partial charge < -0.3 is 5.73 Å². The van der Waals surface area contributed by atoms with Gasteiger partial charge in [0.25, 0.3) is 0 Å². The third kappa shape index (κ3) is 3.06. The van der Waals surface area contributed by atoms with E-state index in [1.54, 1.807) is 12.1 Å². The summed E-state index contributed by atoms with van der Waals surface area (Å²) in [6, 6.07) is 7.19. The zero-order valence-corrected chi connectivity index (χ0v) is 12.2. The predicted molar refractivity (Wildman–Crippen MR) is 80.9 cm³/mol. The van der Waals surface area contributed by atoms with Gasteiger partial charge in [0, 0.05) is 6.04 Å². The number of benzene rings is 1. The largest absolute Gasteiger partial charge is 0.327 e. The van der Waals surface area contributed by atoms with Crippen LogP contribution in [0.4, 0.5) is 4.39 Å². The summed E-state index contributed by atoms with van der Waals surface area (Å²) >= 11 is 0. The molecular formula is C18H26FN. The summed E-state index contributed by atoms with van der Waals surface area (Å²) in [5.74, 6) is 2.35. The molecule has 2 aliphatic rings. The number of hydrogen-bond donors (Lipinski definition) is 1. The Balaban J connectivity index is 1.60. The monoisotopic (exact) mass is 275 g/mol. The van der Waals surface area contributed by atoms with Crippen molar-refractivity contribution in [3.05, 3.63) is 35.6 Å². The molecular weight excluding hydrogens is 249 g/mol. The second kappa shape index (κ2) is 6.26. The van der Waals surface area contributed by atoms with Crippen LogP contribution in [-0.2, 0) is 6.42 Å². The molecule has 0 spiro atoms. The average Bonchev–Trinajstić information content (AvgIpc) is 2.49. The topological polar surface area (TPSA) is 26.0 Å². The fourth-order valence-electron chi connectivity index (χ4n) is 4.38. The van der Waals surface area contributed by atoms with Crippen LogP contribution >= 0.6 is 0 Å². The second-order valence-electron chi connectivity index (χ2n) is 6.84. The normalized spacial score (nSPS) is 31.6. The van der Waals surface area contributed by atoms with Crippen molar-refractivity contribution in [1.82, 2.24) is 0 Å². The molecule has 1 aromatic rings. The Hall–Kier alpha value is -0.890. The van der Waals surface area contributed by atoms with Gasteiger partial charge in [0.2, 0.25) is 0 Å². The second-order valence-corrected chi connectivity index (χ2v) is 6.84. The first kappa shape index (κ1) is 14.1. The van der Waals surface area contributed by atoms with Crippen LogP contribution in [0.15, 0.2) is 24.3 Å². The van der Waals surface area contributed by atoms with Crippen LogP contribution in [0.5, 0.6) is 0 Å². The molecule has 0 radical (unpaired) electrons. The third-order valence-corrected chi connectivity index (χ3v) is 5.60. The lowest BCUT2D eigenvalue weighted by Crippen LogP contribution is -2.39. The van der Waals surface area contributed by atoms with Gasteiger partial charge in [0.1, 0.15) is 5.82 Å². The summed E-state index contributed by atoms with van der Waals surface area (Å²) in [7, 11) is 0. The van der Waals surface area contributed by atoms with Gasteiger partial charge in [0.05, 0.1) is 0 Å². The van der Waals surface area contributed by atoms with E-state index in [1.807, 2.05) is 12.1 Å². The molecule has 0 aromatic heterocycles. The summed E-state index contributed by atoms with van der Waals surface area (Å²) in [5.41, 5.74) is 7.19. The van der Waals surface area contributed by atoms with Crippen LogP contribution in [0.1, 0.15) is 50.5 Å². The van der Waals surface area contributed by atoms with Crippen LogP contribution in [0, 0.1) is 23.6 Å². The van der Waals surface area contributed by atoms with Crippen molar-refractivity contribution in [2.75, 3.05) is 0 Å². The first-order valence-corrected chi connectivity index (χ1v) is 8.23. The molecule has 2 heteroatoms. The Labute approximate surface area is 121 Å². The third-order valence-electron chi connectivity index (χ3n) is 5.60. The first-order valence-electron chi connectivity index (χ1n) is 8.23. The highest BCUT2D eigenvalue weighted by Crippen LogP contribution is 2.43. The summed E-state index contributed by atoms with van der Waals surface area (Å²) in [4.78, 5) is 0. The molecule has 2 aliphatic carbocycles. The molecule has 2 saturated carbocycles. The van der Waals surface area contributed by atoms with Crippen molar-refractivity contribution in [3.8, 4) is 0 Å². The van der Waals surface area contributed by atoms with E-state index in [4.69, 9.17) is 5.73 Å². The Kier molecular flexibility index (Phi) is 4.40. The molecule has 0 aliphatic heterocycles. The minimum Gasteiger partial charge on any atom is -0.327 e. The van der Waals surface area contributed by atoms with E-state index in [0.29, 0.717) is 12.3 Å². The molecule has 4 unspecified atom stereocenters. The van der Waals surface area contributed by atoms with E-state index >= 15 is 0 Å². The molecule has 0 bridgehead atoms. The smallest absolute Gasteiger partial charge is 0.126 e. The van der Waals surface area contributed by atoms with Gasteiger partial charge in [-0.05, 0) is 55.1 Å². The van der Waals surface area contributed by atoms with Gasteiger partial charge in [0.15, 0.2) is 0 Å². The van der Waals surface area contributed by atoms with Crippen LogP contribution < -0.4 is 5.73 Å². The number of halogens is 1. The van der Waals surface area contributed by atoms with Crippen molar-refractivity contribution in [2.24, 2.45) is 23.5 Å². The van der Waals surface area contributed by atoms with Gasteiger partial charge in [-0.2, -0.15) is 0 Å². The highest BCUT2D eigenvalue weighted by atomic mass is 19.1. The molecule has 0 amide bonds. The van der Waals surface area contributed by atoms with E-state index in [2.05, 4.69) is 0 Å². The van der Waals surface area contributed by atoms with Crippen molar-refractivity contribution >= 4 is 0 Å². The lowest BCUT2D eigenvalue weighted by atomic mass is 9.66. The van der Waals surface area contributed by atoms with E-state index in [9.17, 15) is 4.39 Å². The van der Waals surface area contributed by atoms with Crippen molar-refractivity contribution in [2.45, 2.75) is 57.4 Å². The molecule has 110 valence electrons. The zero-order valence-electron chi connectivity index (χ0n) is 12.2. The Morgan fingerprint density at radius 2 is 1.80 bits per heavy atom. The van der Waals surface area contributed by atoms with Gasteiger partial charge in [-0.25, -0.2) is 4.39 Å². The van der Waals surface area contributed by atoms with Crippen molar-refractivity contribution in [3.63, 3.8) is 0 Å². The first-order chi connectivity index (χ1) is 9.74. The lowest BCUT2D eigenvalue weighted by molar-refractivity contribution is 0.117. The molecule has 1 nitrogen and oxygen atoms in total. The van der Waals surface area contributed by atoms with Gasteiger partial charge >= 0.3 is 0 Å². The maximum atomic E-state index is 13.7. The van der Waals surface area contributed by atoms with E-state index < -0.39 is 0 Å². The van der Waals surface area contributed by atoms with Gasteiger partial charge in [-0.3, -0.25) is 0 Å². The minimum absolute atomic E-state index is 0.102. The van der Waals surface area contributed by atoms with Gasteiger partial charge in [-0.1, -0.05) is 43.9 Å². The Bertz CT molecular complexity index is 445. The van der Waals surface area contributed by atoms with Crippen molar-refractivity contribution in [1.29, 1.82) is 0 Å². The minimum atomic E-state index is -0.102. The molecule has 4 atom stereocenters. The van der Waals surface area contributed by atoms with Crippen molar-refractivity contribution < 1.29 is 4.39 Å². The Morgan fingerprint density at radius 3 is 2.60 bits per heavy atom. The lowest BCUT2D eigenvalue weighted by Gasteiger charge is -2.41. The maximum absolute atomic E-state index is 13.7. The fraction of sp³-hybridized carbons (Fsp3) is 0.667. The summed E-state index contributed by atoms with van der Waals surface area (Å²) in [5, 5.41) is 0. The Morgan fingerprint density at radius 1 is 1.05 bits per heavy atom. The molecule has 0 heterocycles. The number of hydrogen-bond acceptors (Lipinski definition) is 1. The van der Waals surface area contributed by atoms with Crippen LogP contribution in [0.3, 0.4) is 0 Å². The number of nitrogens with two attached hydrogens (primary N) is 1. The highest BCUT2D eigenvalue weighted by molar-refractivity contribution is 5.18. The number of fused-ring (bicyclic) bond motifs is 1. The molecule has 2 fully saturated rings. The van der Waals surface area contributed by atoms with Crippen LogP contribution in [0.25, 0.3) is 0 Å². The van der Waals surface area contributed by atoms with E-state index in [-0.39, 0.29) is 11.9 Å².